The zero-order chi connectivity index (χ0) is 20.5. The number of hydrogen-bond acceptors (Lipinski definition) is 5. The summed E-state index contributed by atoms with van der Waals surface area (Å²) < 4.78 is 5.66. The molecule has 0 atom stereocenters. The van der Waals surface area contributed by atoms with E-state index in [1.807, 2.05) is 0 Å². The Morgan fingerprint density at radius 2 is 1.46 bits per heavy atom. The zero-order valence-electron chi connectivity index (χ0n) is 14.5. The summed E-state index contributed by atoms with van der Waals surface area (Å²) in [5.74, 6) is -2.14. The molecule has 146 valence electrons. The highest BCUT2D eigenvalue weighted by molar-refractivity contribution is 9.10. The first-order valence-electron chi connectivity index (χ1n) is 8.10. The highest BCUT2D eigenvalue weighted by Gasteiger charge is 2.12. The molecule has 0 unspecified atom stereocenters. The molecule has 7 nitrogen and oxygen atoms in total. The molecule has 0 saturated carbocycles. The molecule has 0 spiro atoms. The lowest BCUT2D eigenvalue weighted by molar-refractivity contribution is -0.142. The van der Waals surface area contributed by atoms with Crippen LogP contribution in [-0.4, -0.2) is 43.3 Å². The second-order valence-electron chi connectivity index (χ2n) is 5.56. The number of ether oxygens (including phenoxy) is 1. The number of carbonyl (C=O) groups excluding carboxylic acids is 4. The Hall–Kier alpha value is -2.71. The predicted octanol–water partition coefficient (Wildman–Crippen LogP) is 2.37. The van der Waals surface area contributed by atoms with Crippen molar-refractivity contribution in [2.24, 2.45) is 0 Å². The van der Waals surface area contributed by atoms with E-state index in [0.717, 1.165) is 4.47 Å². The number of hydrogen-bond donors (Lipinski definition) is 2. The molecule has 2 amide bonds. The highest BCUT2D eigenvalue weighted by Crippen LogP contribution is 2.11. The largest absolute Gasteiger partial charge is 0.456 e. The van der Waals surface area contributed by atoms with Crippen LogP contribution in [0.5, 0.6) is 0 Å². The molecule has 0 aliphatic rings. The maximum absolute atomic E-state index is 11.9. The van der Waals surface area contributed by atoms with Crippen LogP contribution >= 0.6 is 27.5 Å². The van der Waals surface area contributed by atoms with E-state index < -0.39 is 30.9 Å². The van der Waals surface area contributed by atoms with Gasteiger partial charge in [0.15, 0.2) is 12.4 Å². The van der Waals surface area contributed by atoms with E-state index in [1.165, 1.54) is 12.1 Å². The predicted molar refractivity (Wildman–Crippen MR) is 106 cm³/mol. The number of ketones is 1. The van der Waals surface area contributed by atoms with Crippen LogP contribution < -0.4 is 10.6 Å². The van der Waals surface area contributed by atoms with E-state index in [2.05, 4.69) is 26.6 Å². The molecule has 0 aromatic heterocycles. The summed E-state index contributed by atoms with van der Waals surface area (Å²) in [5.41, 5.74) is 0.757. The standard InChI is InChI=1S/C19H16BrClN2O5/c20-14-5-1-12(2-6-14)16(24)11-28-18(26)10-22-17(25)9-23-19(27)13-3-7-15(21)8-4-13/h1-8H,9-11H2,(H,22,25)(H,23,27). The van der Waals surface area contributed by atoms with E-state index in [0.29, 0.717) is 16.1 Å². The van der Waals surface area contributed by atoms with Crippen molar-refractivity contribution in [2.45, 2.75) is 0 Å². The van der Waals surface area contributed by atoms with Crippen LogP contribution in [0.1, 0.15) is 20.7 Å². The van der Waals surface area contributed by atoms with Gasteiger partial charge in [0.2, 0.25) is 5.91 Å². The van der Waals surface area contributed by atoms with Crippen molar-refractivity contribution < 1.29 is 23.9 Å². The maximum atomic E-state index is 11.9. The SMILES string of the molecule is O=C(CNC(=O)c1ccc(Cl)cc1)NCC(=O)OCC(=O)c1ccc(Br)cc1. The van der Waals surface area contributed by atoms with Crippen molar-refractivity contribution >= 4 is 51.1 Å². The molecule has 2 rings (SSSR count). The molecule has 2 aromatic rings. The first-order valence-corrected chi connectivity index (χ1v) is 9.27. The summed E-state index contributed by atoms with van der Waals surface area (Å²) in [6.45, 7) is -1.15. The topological polar surface area (TPSA) is 102 Å². The van der Waals surface area contributed by atoms with Gasteiger partial charge in [0, 0.05) is 20.6 Å². The van der Waals surface area contributed by atoms with Crippen LogP contribution in [0.25, 0.3) is 0 Å². The molecule has 0 radical (unpaired) electrons. The summed E-state index contributed by atoms with van der Waals surface area (Å²) in [6.07, 6.45) is 0. The molecule has 0 bridgehead atoms. The fraction of sp³-hybridized carbons (Fsp3) is 0.158. The van der Waals surface area contributed by atoms with Gasteiger partial charge in [0.25, 0.3) is 5.91 Å². The molecule has 28 heavy (non-hydrogen) atoms. The van der Waals surface area contributed by atoms with Crippen LogP contribution in [0, 0.1) is 0 Å². The number of amides is 2. The molecule has 2 aromatic carbocycles. The molecular formula is C19H16BrClN2O5. The van der Waals surface area contributed by atoms with Gasteiger partial charge < -0.3 is 15.4 Å². The fourth-order valence-electron chi connectivity index (χ4n) is 2.01. The Balaban J connectivity index is 1.67. The smallest absolute Gasteiger partial charge is 0.325 e. The van der Waals surface area contributed by atoms with Crippen molar-refractivity contribution in [1.29, 1.82) is 0 Å². The van der Waals surface area contributed by atoms with Gasteiger partial charge in [-0.05, 0) is 36.4 Å². The molecule has 9 heteroatoms. The lowest BCUT2D eigenvalue weighted by atomic mass is 10.1. The van der Waals surface area contributed by atoms with E-state index in [4.69, 9.17) is 16.3 Å². The summed E-state index contributed by atoms with van der Waals surface area (Å²) in [6, 6.07) is 12.8. The molecule has 0 saturated heterocycles. The first-order chi connectivity index (χ1) is 13.3. The van der Waals surface area contributed by atoms with Gasteiger partial charge in [-0.1, -0.05) is 39.7 Å². The fourth-order valence-corrected chi connectivity index (χ4v) is 2.40. The van der Waals surface area contributed by atoms with Crippen molar-refractivity contribution in [3.63, 3.8) is 0 Å². The third-order valence-corrected chi connectivity index (χ3v) is 4.26. The average molecular weight is 468 g/mol. The van der Waals surface area contributed by atoms with E-state index in [1.54, 1.807) is 36.4 Å². The number of nitrogens with one attached hydrogen (secondary N) is 2. The Morgan fingerprint density at radius 1 is 0.857 bits per heavy atom. The third-order valence-electron chi connectivity index (χ3n) is 3.48. The Morgan fingerprint density at radius 3 is 2.11 bits per heavy atom. The van der Waals surface area contributed by atoms with Gasteiger partial charge in [-0.2, -0.15) is 0 Å². The van der Waals surface area contributed by atoms with E-state index >= 15 is 0 Å². The summed E-state index contributed by atoms with van der Waals surface area (Å²) in [5, 5.41) is 5.21. The number of esters is 1. The minimum absolute atomic E-state index is 0.313. The maximum Gasteiger partial charge on any atom is 0.325 e. The van der Waals surface area contributed by atoms with Crippen molar-refractivity contribution in [2.75, 3.05) is 19.7 Å². The van der Waals surface area contributed by atoms with E-state index in [-0.39, 0.29) is 12.3 Å². The third kappa shape index (κ3) is 7.13. The normalized spacial score (nSPS) is 10.1. The number of rotatable bonds is 8. The van der Waals surface area contributed by atoms with Crippen LogP contribution in [0.4, 0.5) is 0 Å². The first kappa shape index (κ1) is 21.6. The van der Waals surface area contributed by atoms with Gasteiger partial charge in [0.05, 0.1) is 6.54 Å². The number of Topliss-reactive ketones (excluding diaryl/α,β-unsaturated/α-hetero) is 1. The molecule has 0 aliphatic heterocycles. The zero-order valence-corrected chi connectivity index (χ0v) is 16.9. The lowest BCUT2D eigenvalue weighted by Gasteiger charge is -2.08. The van der Waals surface area contributed by atoms with Gasteiger partial charge >= 0.3 is 5.97 Å². The second kappa shape index (κ2) is 10.6. The van der Waals surface area contributed by atoms with Crippen LogP contribution in [0.2, 0.25) is 5.02 Å². The van der Waals surface area contributed by atoms with Crippen molar-refractivity contribution in [3.05, 3.63) is 69.2 Å². The Kier molecular flexibility index (Phi) is 8.16. The Bertz CT molecular complexity index is 795. The number of benzene rings is 2. The summed E-state index contributed by atoms with van der Waals surface area (Å²) in [4.78, 5) is 47.1. The molecule has 0 heterocycles. The second-order valence-corrected chi connectivity index (χ2v) is 6.91. The van der Waals surface area contributed by atoms with Crippen LogP contribution in [-0.2, 0) is 14.3 Å². The molecule has 2 N–H and O–H groups in total. The molecule has 0 aliphatic carbocycles. The van der Waals surface area contributed by atoms with Gasteiger partial charge in [-0.15, -0.1) is 0 Å². The minimum atomic E-state index is -0.761. The van der Waals surface area contributed by atoms with E-state index in [9.17, 15) is 19.2 Å². The van der Waals surface area contributed by atoms with Crippen molar-refractivity contribution in [1.82, 2.24) is 10.6 Å². The summed E-state index contributed by atoms with van der Waals surface area (Å²) >= 11 is 9.00. The highest BCUT2D eigenvalue weighted by atomic mass is 79.9. The lowest BCUT2D eigenvalue weighted by Crippen LogP contribution is -2.39. The van der Waals surface area contributed by atoms with Gasteiger partial charge in [0.1, 0.15) is 6.54 Å². The Labute approximate surface area is 174 Å². The van der Waals surface area contributed by atoms with Gasteiger partial charge in [-0.3, -0.25) is 19.2 Å². The number of halogens is 2. The van der Waals surface area contributed by atoms with Crippen LogP contribution in [0.15, 0.2) is 53.0 Å². The number of carbonyl (C=O) groups is 4. The monoisotopic (exact) mass is 466 g/mol. The average Bonchev–Trinajstić information content (AvgIpc) is 2.69. The van der Waals surface area contributed by atoms with Crippen molar-refractivity contribution in [3.8, 4) is 0 Å². The van der Waals surface area contributed by atoms with Crippen LogP contribution in [0.3, 0.4) is 0 Å². The summed E-state index contributed by atoms with van der Waals surface area (Å²) in [7, 11) is 0. The van der Waals surface area contributed by atoms with Gasteiger partial charge in [-0.25, -0.2) is 0 Å². The quantitative estimate of drug-likeness (QED) is 0.458. The molecular weight excluding hydrogens is 452 g/mol. The minimum Gasteiger partial charge on any atom is -0.456 e. The molecule has 0 fully saturated rings.